The van der Waals surface area contributed by atoms with Crippen LogP contribution in [0.15, 0.2) is 65.8 Å². The molecule has 2 fully saturated rings. The molecule has 0 radical (unpaired) electrons. The minimum Gasteiger partial charge on any atom is -0.355 e. The van der Waals surface area contributed by atoms with Gasteiger partial charge >= 0.3 is 0 Å². The van der Waals surface area contributed by atoms with Crippen LogP contribution >= 0.6 is 0 Å². The summed E-state index contributed by atoms with van der Waals surface area (Å²) in [6.07, 6.45) is 5.63. The molecule has 3 aromatic rings. The molecule has 2 aliphatic rings. The normalized spacial score (nSPS) is 21.5. The van der Waals surface area contributed by atoms with E-state index in [9.17, 15) is 4.79 Å². The Morgan fingerprint density at radius 3 is 2.38 bits per heavy atom. The molecule has 0 N–H and O–H groups in total. The van der Waals surface area contributed by atoms with Gasteiger partial charge in [-0.15, -0.1) is 0 Å². The van der Waals surface area contributed by atoms with Crippen molar-refractivity contribution in [2.24, 2.45) is 18.9 Å². The molecule has 2 unspecified atom stereocenters. The van der Waals surface area contributed by atoms with Gasteiger partial charge < -0.3 is 9.47 Å². The van der Waals surface area contributed by atoms with Crippen molar-refractivity contribution in [1.29, 1.82) is 0 Å². The van der Waals surface area contributed by atoms with Crippen LogP contribution in [-0.2, 0) is 13.6 Å². The molecular weight excluding hydrogens is 362 g/mol. The van der Waals surface area contributed by atoms with E-state index in [0.717, 1.165) is 55.4 Å². The van der Waals surface area contributed by atoms with Crippen molar-refractivity contribution in [1.82, 2.24) is 19.4 Å². The zero-order valence-corrected chi connectivity index (χ0v) is 16.6. The molecule has 2 saturated heterocycles. The minimum atomic E-state index is 0.0607. The van der Waals surface area contributed by atoms with Crippen LogP contribution in [0.2, 0.25) is 0 Å². The van der Waals surface area contributed by atoms with Crippen LogP contribution in [0.1, 0.15) is 5.56 Å². The van der Waals surface area contributed by atoms with E-state index in [-0.39, 0.29) is 5.56 Å². The van der Waals surface area contributed by atoms with E-state index in [4.69, 9.17) is 0 Å². The van der Waals surface area contributed by atoms with Crippen molar-refractivity contribution in [3.05, 3.63) is 77.0 Å². The number of benzene rings is 1. The monoisotopic (exact) mass is 387 g/mol. The third-order valence-corrected chi connectivity index (χ3v) is 6.17. The number of nitrogens with zero attached hydrogens (tertiary/aromatic N) is 5. The van der Waals surface area contributed by atoms with Gasteiger partial charge in [0.2, 0.25) is 0 Å². The highest BCUT2D eigenvalue weighted by atomic mass is 16.1. The van der Waals surface area contributed by atoms with Crippen LogP contribution in [-0.4, -0.2) is 45.6 Å². The number of pyridine rings is 1. The number of hydrogen-bond acceptors (Lipinski definition) is 5. The fourth-order valence-corrected chi connectivity index (χ4v) is 4.60. The Labute approximate surface area is 170 Å². The first kappa shape index (κ1) is 18.1. The molecule has 6 nitrogen and oxygen atoms in total. The summed E-state index contributed by atoms with van der Waals surface area (Å²) in [6, 6.07) is 14.0. The van der Waals surface area contributed by atoms with Gasteiger partial charge in [0, 0.05) is 57.6 Å². The van der Waals surface area contributed by atoms with Crippen molar-refractivity contribution in [3.63, 3.8) is 0 Å². The Bertz CT molecular complexity index is 1030. The molecule has 5 rings (SSSR count). The average molecular weight is 387 g/mol. The molecule has 0 bridgehead atoms. The molecule has 1 aromatic carbocycles. The molecule has 0 amide bonds. The summed E-state index contributed by atoms with van der Waals surface area (Å²) in [5, 5.41) is 0. The van der Waals surface area contributed by atoms with Gasteiger partial charge in [-0.1, -0.05) is 30.3 Å². The second-order valence-corrected chi connectivity index (χ2v) is 8.23. The van der Waals surface area contributed by atoms with Crippen LogP contribution in [0.5, 0.6) is 0 Å². The van der Waals surface area contributed by atoms with E-state index in [1.807, 2.05) is 42.9 Å². The number of fused-ring (bicyclic) bond motifs is 1. The number of aromatic nitrogens is 3. The standard InChI is InChI=1S/C23H25N5O/c1-26-8-7-17(9-23(26)29)12-27-13-19-15-28(16-20(19)14-27)22-11-24-21(10-25-22)18-5-3-2-4-6-18/h2-11,19-20H,12-16H2,1H3. The maximum atomic E-state index is 11.8. The van der Waals surface area contributed by atoms with E-state index in [0.29, 0.717) is 11.8 Å². The van der Waals surface area contributed by atoms with Gasteiger partial charge in [-0.25, -0.2) is 4.98 Å². The molecule has 0 saturated carbocycles. The van der Waals surface area contributed by atoms with Gasteiger partial charge in [-0.05, 0) is 23.5 Å². The lowest BCUT2D eigenvalue weighted by Crippen LogP contribution is -2.29. The summed E-state index contributed by atoms with van der Waals surface area (Å²) in [6.45, 7) is 5.06. The largest absolute Gasteiger partial charge is 0.355 e. The first-order chi connectivity index (χ1) is 14.2. The summed E-state index contributed by atoms with van der Waals surface area (Å²) in [4.78, 5) is 26.0. The summed E-state index contributed by atoms with van der Waals surface area (Å²) < 4.78 is 1.62. The molecule has 0 spiro atoms. The number of aryl methyl sites for hydroxylation is 1. The highest BCUT2D eigenvalue weighted by Crippen LogP contribution is 2.34. The third-order valence-electron chi connectivity index (χ3n) is 6.17. The van der Waals surface area contributed by atoms with Gasteiger partial charge in [0.15, 0.2) is 0 Å². The van der Waals surface area contributed by atoms with Crippen LogP contribution in [0.25, 0.3) is 11.3 Å². The van der Waals surface area contributed by atoms with Crippen molar-refractivity contribution >= 4 is 5.82 Å². The van der Waals surface area contributed by atoms with Crippen LogP contribution in [0.4, 0.5) is 5.82 Å². The lowest BCUT2D eigenvalue weighted by molar-refractivity contribution is 0.308. The lowest BCUT2D eigenvalue weighted by atomic mass is 10.0. The summed E-state index contributed by atoms with van der Waals surface area (Å²) in [5.74, 6) is 2.27. The van der Waals surface area contributed by atoms with Crippen LogP contribution in [0, 0.1) is 11.8 Å². The Balaban J connectivity index is 1.21. The van der Waals surface area contributed by atoms with E-state index >= 15 is 0 Å². The van der Waals surface area contributed by atoms with Crippen molar-refractivity contribution in [2.45, 2.75) is 6.54 Å². The third kappa shape index (κ3) is 3.68. The molecule has 2 aliphatic heterocycles. The topological polar surface area (TPSA) is 54.3 Å². The van der Waals surface area contributed by atoms with Gasteiger partial charge in [0.25, 0.3) is 5.56 Å². The van der Waals surface area contributed by atoms with Crippen molar-refractivity contribution in [3.8, 4) is 11.3 Å². The Kier molecular flexibility index (Phi) is 4.64. The SMILES string of the molecule is Cn1ccc(CN2CC3CN(c4cnc(-c5ccccc5)cn4)CC3C2)cc1=O. The number of likely N-dealkylation sites (tertiary alicyclic amines) is 1. The lowest BCUT2D eigenvalue weighted by Gasteiger charge is -2.22. The first-order valence-electron chi connectivity index (χ1n) is 10.2. The zero-order chi connectivity index (χ0) is 19.8. The number of hydrogen-bond donors (Lipinski definition) is 0. The predicted molar refractivity (Wildman–Crippen MR) is 114 cm³/mol. The maximum absolute atomic E-state index is 11.8. The summed E-state index contributed by atoms with van der Waals surface area (Å²) in [7, 11) is 1.79. The average Bonchev–Trinajstić information content (AvgIpc) is 3.30. The fourth-order valence-electron chi connectivity index (χ4n) is 4.60. The molecule has 6 heteroatoms. The van der Waals surface area contributed by atoms with E-state index in [2.05, 4.69) is 31.9 Å². The number of anilines is 1. The van der Waals surface area contributed by atoms with Crippen molar-refractivity contribution in [2.75, 3.05) is 31.1 Å². The highest BCUT2D eigenvalue weighted by molar-refractivity contribution is 5.58. The predicted octanol–water partition coefficient (Wildman–Crippen LogP) is 2.41. The first-order valence-corrected chi connectivity index (χ1v) is 10.2. The second kappa shape index (κ2) is 7.44. The van der Waals surface area contributed by atoms with Gasteiger partial charge in [0.1, 0.15) is 5.82 Å². The minimum absolute atomic E-state index is 0.0607. The number of rotatable bonds is 4. The van der Waals surface area contributed by atoms with Gasteiger partial charge in [0.05, 0.1) is 18.1 Å². The van der Waals surface area contributed by atoms with E-state index in [1.165, 1.54) is 0 Å². The Morgan fingerprint density at radius 2 is 1.72 bits per heavy atom. The molecule has 4 heterocycles. The fraction of sp³-hybridized carbons (Fsp3) is 0.348. The van der Waals surface area contributed by atoms with Gasteiger partial charge in [-0.3, -0.25) is 14.7 Å². The smallest absolute Gasteiger partial charge is 0.250 e. The molecule has 148 valence electrons. The highest BCUT2D eigenvalue weighted by Gasteiger charge is 2.40. The molecule has 2 aromatic heterocycles. The summed E-state index contributed by atoms with van der Waals surface area (Å²) >= 11 is 0. The van der Waals surface area contributed by atoms with Crippen LogP contribution < -0.4 is 10.5 Å². The van der Waals surface area contributed by atoms with E-state index in [1.54, 1.807) is 17.7 Å². The van der Waals surface area contributed by atoms with Crippen LogP contribution in [0.3, 0.4) is 0 Å². The molecule has 29 heavy (non-hydrogen) atoms. The quantitative estimate of drug-likeness (QED) is 0.688. The zero-order valence-electron chi connectivity index (χ0n) is 16.6. The van der Waals surface area contributed by atoms with Crippen molar-refractivity contribution < 1.29 is 0 Å². The maximum Gasteiger partial charge on any atom is 0.250 e. The Morgan fingerprint density at radius 1 is 0.966 bits per heavy atom. The molecule has 0 aliphatic carbocycles. The van der Waals surface area contributed by atoms with E-state index < -0.39 is 0 Å². The molecular formula is C23H25N5O. The molecule has 2 atom stereocenters. The Hall–Kier alpha value is -2.99. The van der Waals surface area contributed by atoms with Gasteiger partial charge in [-0.2, -0.15) is 0 Å². The second-order valence-electron chi connectivity index (χ2n) is 8.23. The summed E-state index contributed by atoms with van der Waals surface area (Å²) in [5.41, 5.74) is 3.17.